The molecule has 116 valence electrons. The third kappa shape index (κ3) is 3.86. The van der Waals surface area contributed by atoms with Crippen molar-refractivity contribution in [3.8, 4) is 0 Å². The number of likely N-dealkylation sites (tertiary alicyclic amines) is 1. The molecule has 1 aromatic rings. The zero-order chi connectivity index (χ0) is 15.8. The molecule has 0 radical (unpaired) electrons. The number of esters is 1. The van der Waals surface area contributed by atoms with E-state index in [0.29, 0.717) is 17.8 Å². The lowest BCUT2D eigenvalue weighted by Gasteiger charge is -2.27. The number of carbonyl (C=O) groups is 2. The molecule has 2 rings (SSSR count). The quantitative estimate of drug-likeness (QED) is 0.741. The van der Waals surface area contributed by atoms with Gasteiger partial charge >= 0.3 is 5.97 Å². The molecule has 0 saturated carbocycles. The highest BCUT2D eigenvalue weighted by molar-refractivity contribution is 9.11. The molecule has 0 aliphatic carbocycles. The molecular formula is C15H20BrNO3S. The number of carbonyl (C=O) groups excluding carboxylic acids is 2. The number of thiophene rings is 1. The number of nitrogens with zero attached hydrogens (tertiary/aromatic N) is 1. The molecule has 0 N–H and O–H groups in total. The van der Waals surface area contributed by atoms with Gasteiger partial charge in [-0.25, -0.2) is 4.79 Å². The molecule has 1 aliphatic rings. The van der Waals surface area contributed by atoms with E-state index >= 15 is 0 Å². The molecule has 1 aliphatic heterocycles. The van der Waals surface area contributed by atoms with E-state index in [0.717, 1.165) is 15.8 Å². The van der Waals surface area contributed by atoms with Gasteiger partial charge in [-0.1, -0.05) is 0 Å². The second-order valence-electron chi connectivity index (χ2n) is 6.26. The first-order valence-corrected chi connectivity index (χ1v) is 8.60. The van der Waals surface area contributed by atoms with Crippen LogP contribution in [0, 0.1) is 6.92 Å². The fourth-order valence-corrected chi connectivity index (χ4v) is 3.82. The van der Waals surface area contributed by atoms with Crippen LogP contribution < -0.4 is 0 Å². The average Bonchev–Trinajstić information content (AvgIpc) is 2.94. The predicted octanol–water partition coefficient (Wildman–Crippen LogP) is 3.77. The van der Waals surface area contributed by atoms with E-state index in [4.69, 9.17) is 4.74 Å². The van der Waals surface area contributed by atoms with Crippen molar-refractivity contribution in [2.24, 2.45) is 0 Å². The van der Waals surface area contributed by atoms with E-state index in [9.17, 15) is 9.59 Å². The zero-order valence-electron chi connectivity index (χ0n) is 12.7. The molecule has 1 aromatic heterocycles. The molecule has 1 atom stereocenters. The number of ether oxygens (including phenoxy) is 1. The summed E-state index contributed by atoms with van der Waals surface area (Å²) in [6.07, 6.45) is 1.51. The Balaban J connectivity index is 2.14. The van der Waals surface area contributed by atoms with Gasteiger partial charge in [-0.05, 0) is 68.1 Å². The second-order valence-corrected chi connectivity index (χ2v) is 8.63. The zero-order valence-corrected chi connectivity index (χ0v) is 15.1. The van der Waals surface area contributed by atoms with E-state index in [1.54, 1.807) is 4.90 Å². The molecule has 2 heterocycles. The normalized spacial score (nSPS) is 18.9. The van der Waals surface area contributed by atoms with Crippen molar-refractivity contribution in [2.75, 3.05) is 6.54 Å². The van der Waals surface area contributed by atoms with E-state index in [2.05, 4.69) is 15.9 Å². The van der Waals surface area contributed by atoms with Crippen LogP contribution in [0.5, 0.6) is 0 Å². The van der Waals surface area contributed by atoms with Crippen LogP contribution in [0.4, 0.5) is 0 Å². The second kappa shape index (κ2) is 6.08. The van der Waals surface area contributed by atoms with Gasteiger partial charge in [0.2, 0.25) is 0 Å². The van der Waals surface area contributed by atoms with Crippen LogP contribution in [0.25, 0.3) is 0 Å². The summed E-state index contributed by atoms with van der Waals surface area (Å²) in [5.74, 6) is -0.386. The van der Waals surface area contributed by atoms with Gasteiger partial charge in [-0.3, -0.25) is 4.79 Å². The summed E-state index contributed by atoms with van der Waals surface area (Å²) in [7, 11) is 0. The number of rotatable bonds is 2. The van der Waals surface area contributed by atoms with Crippen molar-refractivity contribution in [1.29, 1.82) is 0 Å². The van der Waals surface area contributed by atoms with Crippen molar-refractivity contribution < 1.29 is 14.3 Å². The summed E-state index contributed by atoms with van der Waals surface area (Å²) in [5, 5.41) is 0. The minimum Gasteiger partial charge on any atom is -0.458 e. The van der Waals surface area contributed by atoms with Crippen molar-refractivity contribution in [1.82, 2.24) is 4.90 Å². The van der Waals surface area contributed by atoms with Crippen LogP contribution in [0.1, 0.15) is 48.8 Å². The topological polar surface area (TPSA) is 46.6 Å². The van der Waals surface area contributed by atoms with Crippen LogP contribution >= 0.6 is 27.3 Å². The highest BCUT2D eigenvalue weighted by Crippen LogP contribution is 2.30. The number of aryl methyl sites for hydroxylation is 1. The molecule has 0 bridgehead atoms. The first kappa shape index (κ1) is 16.5. The summed E-state index contributed by atoms with van der Waals surface area (Å²) in [4.78, 5) is 27.2. The van der Waals surface area contributed by atoms with Crippen molar-refractivity contribution in [2.45, 2.75) is 52.2 Å². The van der Waals surface area contributed by atoms with Gasteiger partial charge in [0.15, 0.2) is 0 Å². The van der Waals surface area contributed by atoms with Gasteiger partial charge in [0.05, 0.1) is 8.66 Å². The van der Waals surface area contributed by atoms with E-state index < -0.39 is 11.6 Å². The van der Waals surface area contributed by atoms with Gasteiger partial charge in [0, 0.05) is 6.54 Å². The Morgan fingerprint density at radius 3 is 2.62 bits per heavy atom. The molecule has 1 saturated heterocycles. The van der Waals surface area contributed by atoms with Crippen LogP contribution in [0.2, 0.25) is 0 Å². The maximum absolute atomic E-state index is 12.6. The Labute approximate surface area is 137 Å². The van der Waals surface area contributed by atoms with Crippen LogP contribution in [-0.4, -0.2) is 35.0 Å². The largest absolute Gasteiger partial charge is 0.458 e. The molecule has 4 nitrogen and oxygen atoms in total. The Morgan fingerprint density at radius 1 is 1.43 bits per heavy atom. The Bertz CT molecular complexity index is 542. The highest BCUT2D eigenvalue weighted by atomic mass is 79.9. The van der Waals surface area contributed by atoms with Crippen molar-refractivity contribution in [3.05, 3.63) is 20.3 Å². The maximum atomic E-state index is 12.6. The fraction of sp³-hybridized carbons (Fsp3) is 0.600. The van der Waals surface area contributed by atoms with Crippen molar-refractivity contribution >= 4 is 39.1 Å². The summed E-state index contributed by atoms with van der Waals surface area (Å²) in [6, 6.07) is 1.40. The molecule has 0 unspecified atom stereocenters. The highest BCUT2D eigenvalue weighted by Gasteiger charge is 2.37. The third-order valence-corrected chi connectivity index (χ3v) is 5.39. The number of halogens is 1. The molecule has 0 spiro atoms. The number of amides is 1. The molecular weight excluding hydrogens is 354 g/mol. The lowest BCUT2D eigenvalue weighted by Crippen LogP contribution is -2.43. The lowest BCUT2D eigenvalue weighted by atomic mass is 10.1. The molecule has 1 amide bonds. The number of hydrogen-bond acceptors (Lipinski definition) is 4. The Hall–Kier alpha value is -0.880. The van der Waals surface area contributed by atoms with E-state index in [1.165, 1.54) is 11.3 Å². The standard InChI is InChI=1S/C15H20BrNO3S/c1-9-8-11(21-12(9)16)13(18)17-7-5-6-10(17)14(19)20-15(2,3)4/h8,10H,5-7H2,1-4H3/t10-/m1/s1. The molecule has 6 heteroatoms. The van der Waals surface area contributed by atoms with Gasteiger partial charge in [0.25, 0.3) is 5.91 Å². The summed E-state index contributed by atoms with van der Waals surface area (Å²) < 4.78 is 6.39. The molecule has 21 heavy (non-hydrogen) atoms. The summed E-state index contributed by atoms with van der Waals surface area (Å²) in [6.45, 7) is 8.08. The van der Waals surface area contributed by atoms with Crippen LogP contribution in [0.15, 0.2) is 9.85 Å². The average molecular weight is 374 g/mol. The summed E-state index contributed by atoms with van der Waals surface area (Å²) in [5.41, 5.74) is 0.507. The minimum absolute atomic E-state index is 0.0813. The Kier molecular flexibility index (Phi) is 4.78. The minimum atomic E-state index is -0.531. The van der Waals surface area contributed by atoms with Gasteiger partial charge in [0.1, 0.15) is 11.6 Å². The number of hydrogen-bond donors (Lipinski definition) is 0. The van der Waals surface area contributed by atoms with E-state index in [-0.39, 0.29) is 11.9 Å². The third-order valence-electron chi connectivity index (χ3n) is 3.26. The van der Waals surface area contributed by atoms with Gasteiger partial charge in [-0.15, -0.1) is 11.3 Å². The van der Waals surface area contributed by atoms with Crippen LogP contribution in [0.3, 0.4) is 0 Å². The van der Waals surface area contributed by atoms with Gasteiger partial charge in [-0.2, -0.15) is 0 Å². The smallest absolute Gasteiger partial charge is 0.329 e. The monoisotopic (exact) mass is 373 g/mol. The fourth-order valence-electron chi connectivity index (χ4n) is 2.33. The summed E-state index contributed by atoms with van der Waals surface area (Å²) >= 11 is 4.84. The van der Waals surface area contributed by atoms with Crippen molar-refractivity contribution in [3.63, 3.8) is 0 Å². The van der Waals surface area contributed by atoms with E-state index in [1.807, 2.05) is 33.8 Å². The first-order chi connectivity index (χ1) is 9.69. The van der Waals surface area contributed by atoms with Gasteiger partial charge < -0.3 is 9.64 Å². The maximum Gasteiger partial charge on any atom is 0.329 e. The SMILES string of the molecule is Cc1cc(C(=O)N2CCC[C@@H]2C(=O)OC(C)(C)C)sc1Br. The molecule has 1 fully saturated rings. The Morgan fingerprint density at radius 2 is 2.10 bits per heavy atom. The lowest BCUT2D eigenvalue weighted by molar-refractivity contribution is -0.159. The first-order valence-electron chi connectivity index (χ1n) is 6.99. The molecule has 0 aromatic carbocycles. The predicted molar refractivity (Wildman–Crippen MR) is 86.7 cm³/mol. The van der Waals surface area contributed by atoms with Crippen LogP contribution in [-0.2, 0) is 9.53 Å².